The first-order chi connectivity index (χ1) is 12.9. The zero-order chi connectivity index (χ0) is 18.0. The first-order valence-corrected chi connectivity index (χ1v) is 10.0. The molecule has 150 valence electrons. The van der Waals surface area contributed by atoms with Crippen LogP contribution in [0.5, 0.6) is 0 Å². The van der Waals surface area contributed by atoms with E-state index in [4.69, 9.17) is 9.73 Å². The lowest BCUT2D eigenvalue weighted by atomic mass is 10.1. The van der Waals surface area contributed by atoms with Crippen molar-refractivity contribution in [1.82, 2.24) is 15.6 Å². The Labute approximate surface area is 179 Å². The van der Waals surface area contributed by atoms with Crippen LogP contribution in [-0.2, 0) is 11.2 Å². The smallest absolute Gasteiger partial charge is 0.191 e. The molecule has 1 aliphatic rings. The number of nitrogens with zero attached hydrogens (tertiary/aromatic N) is 1. The van der Waals surface area contributed by atoms with E-state index in [1.165, 1.54) is 29.3 Å². The molecule has 0 bridgehead atoms. The minimum atomic E-state index is 0. The van der Waals surface area contributed by atoms with Gasteiger partial charge in [-0.2, -0.15) is 0 Å². The van der Waals surface area contributed by atoms with Gasteiger partial charge in [0, 0.05) is 49.9 Å². The molecule has 0 saturated heterocycles. The number of rotatable bonds is 11. The molecule has 1 fully saturated rings. The van der Waals surface area contributed by atoms with Crippen molar-refractivity contribution in [3.05, 3.63) is 36.0 Å². The molecule has 6 heteroatoms. The van der Waals surface area contributed by atoms with E-state index < -0.39 is 0 Å². The lowest BCUT2D eigenvalue weighted by molar-refractivity contribution is 0.123. The summed E-state index contributed by atoms with van der Waals surface area (Å²) in [5, 5.41) is 8.04. The maximum absolute atomic E-state index is 5.67. The number of halogens is 1. The summed E-state index contributed by atoms with van der Waals surface area (Å²) in [5.41, 5.74) is 2.59. The van der Waals surface area contributed by atoms with Gasteiger partial charge in [0.25, 0.3) is 0 Å². The Balaban J connectivity index is 0.00000261. The molecule has 1 aromatic heterocycles. The Bertz CT molecular complexity index is 696. The molecular formula is C21H33IN4O. The van der Waals surface area contributed by atoms with Gasteiger partial charge in [-0.05, 0) is 56.6 Å². The summed E-state index contributed by atoms with van der Waals surface area (Å²) in [6.07, 6.45) is 7.94. The van der Waals surface area contributed by atoms with Crippen LogP contribution in [0.25, 0.3) is 10.9 Å². The van der Waals surface area contributed by atoms with Gasteiger partial charge in [0.05, 0.1) is 0 Å². The van der Waals surface area contributed by atoms with Crippen LogP contribution in [0.3, 0.4) is 0 Å². The fourth-order valence-corrected chi connectivity index (χ4v) is 3.06. The van der Waals surface area contributed by atoms with Gasteiger partial charge in [0.15, 0.2) is 5.96 Å². The highest BCUT2D eigenvalue weighted by Gasteiger charge is 2.20. The summed E-state index contributed by atoms with van der Waals surface area (Å²) >= 11 is 0. The molecule has 3 rings (SSSR count). The quantitative estimate of drug-likeness (QED) is 0.195. The third kappa shape index (κ3) is 7.70. The molecule has 1 saturated carbocycles. The molecule has 0 unspecified atom stereocenters. The predicted octanol–water partition coefficient (Wildman–Crippen LogP) is 4.09. The number of H-pyrrole nitrogens is 1. The second-order valence-electron chi connectivity index (χ2n) is 7.02. The lowest BCUT2D eigenvalue weighted by Crippen LogP contribution is -2.38. The SMILES string of the molecule is CCNC(=NCCCc1c[nH]c2ccccc12)NCCCOCC1CC1.I. The highest BCUT2D eigenvalue weighted by atomic mass is 127. The zero-order valence-corrected chi connectivity index (χ0v) is 18.6. The number of aryl methyl sites for hydroxylation is 1. The molecule has 0 amide bonds. The summed E-state index contributed by atoms with van der Waals surface area (Å²) in [6, 6.07) is 8.47. The number of aromatic nitrogens is 1. The standard InChI is InChI=1S/C21H32N4O.HI/c1-2-22-21(24-13-6-14-26-16-17-10-11-17)23-12-5-7-18-15-25-20-9-4-3-8-19(18)20;/h3-4,8-9,15,17,25H,2,5-7,10-14,16H2,1H3,(H2,22,23,24);1H. The van der Waals surface area contributed by atoms with Crippen LogP contribution in [0.2, 0.25) is 0 Å². The minimum Gasteiger partial charge on any atom is -0.381 e. The summed E-state index contributed by atoms with van der Waals surface area (Å²) in [5.74, 6) is 1.76. The van der Waals surface area contributed by atoms with Crippen molar-refractivity contribution < 1.29 is 4.74 Å². The topological polar surface area (TPSA) is 61.4 Å². The van der Waals surface area contributed by atoms with Crippen LogP contribution < -0.4 is 10.6 Å². The normalized spacial score (nSPS) is 14.2. The van der Waals surface area contributed by atoms with E-state index in [1.54, 1.807) is 0 Å². The maximum Gasteiger partial charge on any atom is 0.191 e. The van der Waals surface area contributed by atoms with E-state index in [0.717, 1.165) is 64.0 Å². The third-order valence-electron chi connectivity index (χ3n) is 4.70. The maximum atomic E-state index is 5.67. The van der Waals surface area contributed by atoms with Crippen LogP contribution in [0, 0.1) is 5.92 Å². The molecular weight excluding hydrogens is 451 g/mol. The van der Waals surface area contributed by atoms with E-state index in [1.807, 2.05) is 0 Å². The molecule has 1 aromatic carbocycles. The van der Waals surface area contributed by atoms with E-state index in [-0.39, 0.29) is 24.0 Å². The van der Waals surface area contributed by atoms with Crippen molar-refractivity contribution in [3.8, 4) is 0 Å². The molecule has 0 aliphatic heterocycles. The zero-order valence-electron chi connectivity index (χ0n) is 16.3. The molecule has 27 heavy (non-hydrogen) atoms. The van der Waals surface area contributed by atoms with Gasteiger partial charge in [-0.3, -0.25) is 4.99 Å². The molecule has 2 aromatic rings. The van der Waals surface area contributed by atoms with Crippen LogP contribution in [0.15, 0.2) is 35.5 Å². The number of para-hydroxylation sites is 1. The fraction of sp³-hybridized carbons (Fsp3) is 0.571. The van der Waals surface area contributed by atoms with Crippen molar-refractivity contribution >= 4 is 40.8 Å². The number of fused-ring (bicyclic) bond motifs is 1. The molecule has 0 radical (unpaired) electrons. The molecule has 1 aliphatic carbocycles. The summed E-state index contributed by atoms with van der Waals surface area (Å²) in [7, 11) is 0. The molecule has 0 atom stereocenters. The highest BCUT2D eigenvalue weighted by molar-refractivity contribution is 14.0. The molecule has 1 heterocycles. The van der Waals surface area contributed by atoms with Gasteiger partial charge in [-0.25, -0.2) is 0 Å². The second kappa shape index (κ2) is 12.2. The Kier molecular flexibility index (Phi) is 9.97. The number of hydrogen-bond acceptors (Lipinski definition) is 2. The highest BCUT2D eigenvalue weighted by Crippen LogP contribution is 2.28. The Hall–Kier alpha value is -1.28. The number of aromatic amines is 1. The Morgan fingerprint density at radius 2 is 2.07 bits per heavy atom. The van der Waals surface area contributed by atoms with Crippen LogP contribution >= 0.6 is 24.0 Å². The lowest BCUT2D eigenvalue weighted by Gasteiger charge is -2.11. The van der Waals surface area contributed by atoms with Gasteiger partial charge in [0.1, 0.15) is 0 Å². The van der Waals surface area contributed by atoms with Gasteiger partial charge in [0.2, 0.25) is 0 Å². The van der Waals surface area contributed by atoms with Crippen molar-refractivity contribution in [3.63, 3.8) is 0 Å². The number of ether oxygens (including phenoxy) is 1. The Morgan fingerprint density at radius 1 is 1.22 bits per heavy atom. The predicted molar refractivity (Wildman–Crippen MR) is 124 cm³/mol. The first-order valence-electron chi connectivity index (χ1n) is 10.0. The molecule has 3 N–H and O–H groups in total. The van der Waals surface area contributed by atoms with Gasteiger partial charge in [-0.1, -0.05) is 18.2 Å². The fourth-order valence-electron chi connectivity index (χ4n) is 3.06. The van der Waals surface area contributed by atoms with Crippen LogP contribution in [0.1, 0.15) is 38.2 Å². The Morgan fingerprint density at radius 3 is 2.89 bits per heavy atom. The number of aliphatic imine (C=N–C) groups is 1. The summed E-state index contributed by atoms with van der Waals surface area (Å²) in [4.78, 5) is 8.03. The van der Waals surface area contributed by atoms with Gasteiger partial charge >= 0.3 is 0 Å². The first kappa shape index (κ1) is 22.0. The average molecular weight is 484 g/mol. The largest absolute Gasteiger partial charge is 0.381 e. The van der Waals surface area contributed by atoms with Crippen molar-refractivity contribution in [1.29, 1.82) is 0 Å². The molecule has 5 nitrogen and oxygen atoms in total. The minimum absolute atomic E-state index is 0. The third-order valence-corrected chi connectivity index (χ3v) is 4.70. The van der Waals surface area contributed by atoms with Crippen molar-refractivity contribution in [2.24, 2.45) is 10.9 Å². The van der Waals surface area contributed by atoms with Crippen LogP contribution in [0.4, 0.5) is 0 Å². The second-order valence-corrected chi connectivity index (χ2v) is 7.02. The molecule has 0 spiro atoms. The average Bonchev–Trinajstić information content (AvgIpc) is 3.40. The number of guanidine groups is 1. The number of hydrogen-bond donors (Lipinski definition) is 3. The van der Waals surface area contributed by atoms with Gasteiger partial charge < -0.3 is 20.4 Å². The number of benzene rings is 1. The summed E-state index contributed by atoms with van der Waals surface area (Å²) in [6.45, 7) is 6.49. The van der Waals surface area contributed by atoms with E-state index in [2.05, 4.69) is 53.0 Å². The van der Waals surface area contributed by atoms with Crippen LogP contribution in [-0.4, -0.2) is 43.8 Å². The van der Waals surface area contributed by atoms with E-state index in [0.29, 0.717) is 0 Å². The number of nitrogens with one attached hydrogen (secondary N) is 3. The van der Waals surface area contributed by atoms with Crippen molar-refractivity contribution in [2.45, 2.75) is 39.0 Å². The summed E-state index contributed by atoms with van der Waals surface area (Å²) < 4.78 is 5.67. The van der Waals surface area contributed by atoms with Crippen molar-refractivity contribution in [2.75, 3.05) is 32.8 Å². The van der Waals surface area contributed by atoms with E-state index in [9.17, 15) is 0 Å². The van der Waals surface area contributed by atoms with Gasteiger partial charge in [-0.15, -0.1) is 24.0 Å². The monoisotopic (exact) mass is 484 g/mol. The van der Waals surface area contributed by atoms with E-state index >= 15 is 0 Å².